The van der Waals surface area contributed by atoms with Crippen molar-refractivity contribution in [1.29, 1.82) is 0 Å². The number of anilines is 1. The van der Waals surface area contributed by atoms with E-state index in [4.69, 9.17) is 10.5 Å². The van der Waals surface area contributed by atoms with E-state index in [1.807, 2.05) is 0 Å². The molecule has 0 saturated carbocycles. The molecule has 0 fully saturated rings. The lowest BCUT2D eigenvalue weighted by atomic mass is 10.6. The van der Waals surface area contributed by atoms with Crippen LogP contribution in [0.1, 0.15) is 0 Å². The number of urea groups is 1. The predicted molar refractivity (Wildman–Crippen MR) is 70.7 cm³/mol. The Morgan fingerprint density at radius 2 is 2.39 bits per heavy atom. The summed E-state index contributed by atoms with van der Waals surface area (Å²) in [5.41, 5.74) is 5.45. The van der Waals surface area contributed by atoms with E-state index in [2.05, 4.69) is 15.6 Å². The first-order valence-corrected chi connectivity index (χ1v) is 6.82. The second-order valence-electron chi connectivity index (χ2n) is 3.10. The monoisotopic (exact) mass is 290 g/mol. The van der Waals surface area contributed by atoms with Crippen LogP contribution < -0.4 is 16.4 Å². The molecule has 0 unspecified atom stereocenters. The lowest BCUT2D eigenvalue weighted by molar-refractivity contribution is -0.117. The summed E-state index contributed by atoms with van der Waals surface area (Å²) < 4.78 is 5.59. The van der Waals surface area contributed by atoms with Gasteiger partial charge in [-0.2, -0.15) is 0 Å². The standard InChI is InChI=1S/C9H14N4O3S2/c1-16-3-2-11-9(15)13-6(14)5-17-7-4-12-8(10)18-7/h4H,2-3,5H2,1H3,(H2,10,12)(H2,11,13,14,15). The number of nitrogens with two attached hydrogens (primary N) is 1. The van der Waals surface area contributed by atoms with E-state index in [0.29, 0.717) is 18.3 Å². The van der Waals surface area contributed by atoms with Crippen molar-refractivity contribution in [2.45, 2.75) is 4.21 Å². The Morgan fingerprint density at radius 3 is 3.00 bits per heavy atom. The van der Waals surface area contributed by atoms with Gasteiger partial charge < -0.3 is 15.8 Å². The van der Waals surface area contributed by atoms with Crippen LogP contribution in [0.5, 0.6) is 0 Å². The van der Waals surface area contributed by atoms with Gasteiger partial charge in [0.25, 0.3) is 0 Å². The second-order valence-corrected chi connectivity index (χ2v) is 5.44. The van der Waals surface area contributed by atoms with Crippen LogP contribution in [0.25, 0.3) is 0 Å². The molecule has 0 radical (unpaired) electrons. The molecule has 0 aliphatic rings. The summed E-state index contributed by atoms with van der Waals surface area (Å²) >= 11 is 2.58. The number of hydrogen-bond donors (Lipinski definition) is 3. The Bertz CT molecular complexity index is 410. The number of thioether (sulfide) groups is 1. The number of nitrogens with zero attached hydrogens (tertiary/aromatic N) is 1. The lowest BCUT2D eigenvalue weighted by Gasteiger charge is -2.05. The number of amides is 3. The number of carbonyl (C=O) groups is 2. The second kappa shape index (κ2) is 7.90. The minimum atomic E-state index is -0.526. The third-order valence-electron chi connectivity index (χ3n) is 1.69. The first-order chi connectivity index (χ1) is 8.61. The van der Waals surface area contributed by atoms with E-state index < -0.39 is 6.03 Å². The molecule has 0 atom stereocenters. The van der Waals surface area contributed by atoms with Crippen molar-refractivity contribution in [2.75, 3.05) is 31.7 Å². The third-order valence-corrected chi connectivity index (χ3v) is 3.71. The minimum Gasteiger partial charge on any atom is -0.383 e. The van der Waals surface area contributed by atoms with Gasteiger partial charge in [0.15, 0.2) is 5.13 Å². The number of carbonyl (C=O) groups excluding carboxylic acids is 2. The summed E-state index contributed by atoms with van der Waals surface area (Å²) in [5, 5.41) is 5.14. The van der Waals surface area contributed by atoms with Crippen molar-refractivity contribution in [3.8, 4) is 0 Å². The molecule has 100 valence electrons. The lowest BCUT2D eigenvalue weighted by Crippen LogP contribution is -2.41. The van der Waals surface area contributed by atoms with Crippen LogP contribution in [0, 0.1) is 0 Å². The van der Waals surface area contributed by atoms with Crippen LogP contribution in [-0.4, -0.2) is 42.9 Å². The van der Waals surface area contributed by atoms with Crippen LogP contribution in [0.4, 0.5) is 9.93 Å². The largest absolute Gasteiger partial charge is 0.383 e. The van der Waals surface area contributed by atoms with E-state index in [-0.39, 0.29) is 11.7 Å². The zero-order valence-electron chi connectivity index (χ0n) is 9.76. The summed E-state index contributed by atoms with van der Waals surface area (Å²) in [4.78, 5) is 26.5. The molecule has 0 aliphatic carbocycles. The molecule has 0 aliphatic heterocycles. The van der Waals surface area contributed by atoms with Crippen molar-refractivity contribution in [3.63, 3.8) is 0 Å². The van der Waals surface area contributed by atoms with E-state index in [1.165, 1.54) is 30.2 Å². The SMILES string of the molecule is COCCNC(=O)NC(=O)CSc1cnc(N)s1. The van der Waals surface area contributed by atoms with Crippen LogP contribution >= 0.6 is 23.1 Å². The van der Waals surface area contributed by atoms with Gasteiger partial charge in [-0.05, 0) is 0 Å². The zero-order valence-corrected chi connectivity index (χ0v) is 11.4. The number of ether oxygens (including phenoxy) is 1. The molecule has 1 heterocycles. The molecule has 3 amide bonds. The Morgan fingerprint density at radius 1 is 1.61 bits per heavy atom. The van der Waals surface area contributed by atoms with Gasteiger partial charge in [0.2, 0.25) is 5.91 Å². The van der Waals surface area contributed by atoms with E-state index in [1.54, 1.807) is 6.20 Å². The molecule has 0 bridgehead atoms. The molecule has 0 aromatic carbocycles. The highest BCUT2D eigenvalue weighted by Gasteiger charge is 2.08. The summed E-state index contributed by atoms with van der Waals surface area (Å²) in [5.74, 6) is -0.235. The van der Waals surface area contributed by atoms with Crippen LogP contribution in [0.15, 0.2) is 10.4 Å². The Hall–Kier alpha value is -1.32. The number of imide groups is 1. The number of thiazole rings is 1. The quantitative estimate of drug-likeness (QED) is 0.513. The van der Waals surface area contributed by atoms with Gasteiger partial charge in [0.05, 0.1) is 22.8 Å². The van der Waals surface area contributed by atoms with Crippen molar-refractivity contribution in [3.05, 3.63) is 6.20 Å². The number of aromatic nitrogens is 1. The highest BCUT2D eigenvalue weighted by molar-refractivity contribution is 8.01. The van der Waals surface area contributed by atoms with Crippen molar-refractivity contribution in [1.82, 2.24) is 15.6 Å². The number of methoxy groups -OCH3 is 1. The number of rotatable bonds is 6. The fourth-order valence-electron chi connectivity index (χ4n) is 0.949. The number of nitrogen functional groups attached to an aromatic ring is 1. The van der Waals surface area contributed by atoms with E-state index >= 15 is 0 Å². The Labute approximate surface area is 112 Å². The van der Waals surface area contributed by atoms with E-state index in [9.17, 15) is 9.59 Å². The molecule has 18 heavy (non-hydrogen) atoms. The number of nitrogens with one attached hydrogen (secondary N) is 2. The van der Waals surface area contributed by atoms with Crippen molar-refractivity contribution in [2.24, 2.45) is 0 Å². The van der Waals surface area contributed by atoms with Crippen LogP contribution in [-0.2, 0) is 9.53 Å². The van der Waals surface area contributed by atoms with Gasteiger partial charge in [0, 0.05) is 13.7 Å². The molecule has 1 rings (SSSR count). The van der Waals surface area contributed by atoms with Crippen molar-refractivity contribution < 1.29 is 14.3 Å². The third kappa shape index (κ3) is 5.84. The predicted octanol–water partition coefficient (Wildman–Crippen LogP) is 0.290. The Balaban J connectivity index is 2.19. The van der Waals surface area contributed by atoms with Crippen LogP contribution in [0.2, 0.25) is 0 Å². The summed E-state index contributed by atoms with van der Waals surface area (Å²) in [6, 6.07) is -0.526. The topological polar surface area (TPSA) is 106 Å². The highest BCUT2D eigenvalue weighted by Crippen LogP contribution is 2.25. The first-order valence-electron chi connectivity index (χ1n) is 5.02. The molecule has 1 aromatic rings. The van der Waals surface area contributed by atoms with Gasteiger partial charge in [-0.25, -0.2) is 9.78 Å². The molecule has 0 spiro atoms. The maximum atomic E-state index is 11.4. The van der Waals surface area contributed by atoms with Gasteiger partial charge >= 0.3 is 6.03 Å². The molecule has 9 heteroatoms. The maximum Gasteiger partial charge on any atom is 0.321 e. The van der Waals surface area contributed by atoms with Gasteiger partial charge in [-0.3, -0.25) is 10.1 Å². The van der Waals surface area contributed by atoms with Gasteiger partial charge in [-0.15, -0.1) is 11.8 Å². The minimum absolute atomic E-state index is 0.138. The molecular weight excluding hydrogens is 276 g/mol. The average molecular weight is 290 g/mol. The Kier molecular flexibility index (Phi) is 6.47. The molecule has 0 saturated heterocycles. The number of hydrogen-bond acceptors (Lipinski definition) is 7. The molecular formula is C9H14N4O3S2. The summed E-state index contributed by atoms with van der Waals surface area (Å²) in [6.45, 7) is 0.755. The molecule has 4 N–H and O–H groups in total. The van der Waals surface area contributed by atoms with Crippen molar-refractivity contribution >= 4 is 40.2 Å². The van der Waals surface area contributed by atoms with Gasteiger partial charge in [-0.1, -0.05) is 11.3 Å². The smallest absolute Gasteiger partial charge is 0.321 e. The fourth-order valence-corrected chi connectivity index (χ4v) is 2.51. The summed E-state index contributed by atoms with van der Waals surface area (Å²) in [6.07, 6.45) is 1.59. The van der Waals surface area contributed by atoms with Gasteiger partial charge in [0.1, 0.15) is 0 Å². The van der Waals surface area contributed by atoms with Crippen LogP contribution in [0.3, 0.4) is 0 Å². The van der Waals surface area contributed by atoms with E-state index in [0.717, 1.165) is 4.21 Å². The molecule has 1 aromatic heterocycles. The fraction of sp³-hybridized carbons (Fsp3) is 0.444. The maximum absolute atomic E-state index is 11.4. The molecule has 7 nitrogen and oxygen atoms in total. The first kappa shape index (κ1) is 14.7. The average Bonchev–Trinajstić information content (AvgIpc) is 2.73. The normalized spacial score (nSPS) is 10.1. The highest BCUT2D eigenvalue weighted by atomic mass is 32.2. The summed E-state index contributed by atoms with van der Waals surface area (Å²) in [7, 11) is 1.53. The zero-order chi connectivity index (χ0) is 13.4.